The molecule has 0 fully saturated rings. The van der Waals surface area contributed by atoms with Crippen LogP contribution in [-0.4, -0.2) is 23.1 Å². The van der Waals surface area contributed by atoms with Gasteiger partial charge in [0.2, 0.25) is 0 Å². The van der Waals surface area contributed by atoms with Crippen molar-refractivity contribution >= 4 is 15.8 Å². The first-order chi connectivity index (χ1) is 9.44. The fraction of sp³-hybridized carbons (Fsp3) is 0.308. The van der Waals surface area contributed by atoms with Crippen molar-refractivity contribution in [1.29, 1.82) is 0 Å². The number of nitrogens with one attached hydrogen (secondary N) is 1. The number of aliphatic hydroxyl groups excluding tert-OH is 1. The van der Waals surface area contributed by atoms with Gasteiger partial charge in [0.05, 0.1) is 6.61 Å². The fourth-order valence-corrected chi connectivity index (χ4v) is 2.93. The summed E-state index contributed by atoms with van der Waals surface area (Å²) in [6, 6.07) is 6.51. The van der Waals surface area contributed by atoms with Crippen molar-refractivity contribution in [2.45, 2.75) is 31.4 Å². The minimum absolute atomic E-state index is 0.0657. The van der Waals surface area contributed by atoms with Crippen LogP contribution in [0.3, 0.4) is 0 Å². The number of aromatic nitrogens is 2. The second-order valence-electron chi connectivity index (χ2n) is 4.65. The van der Waals surface area contributed by atoms with Crippen LogP contribution in [0.25, 0.3) is 0 Å². The molecule has 0 aromatic carbocycles. The van der Waals surface area contributed by atoms with E-state index in [0.29, 0.717) is 5.69 Å². The van der Waals surface area contributed by atoms with E-state index in [1.807, 2.05) is 13.8 Å². The molecule has 0 spiro atoms. The zero-order chi connectivity index (χ0) is 14.8. The van der Waals surface area contributed by atoms with Gasteiger partial charge in [-0.3, -0.25) is 4.72 Å². The average molecular weight is 295 g/mol. The van der Waals surface area contributed by atoms with Gasteiger partial charge in [-0.25, -0.2) is 13.4 Å². The second kappa shape index (κ2) is 5.64. The summed E-state index contributed by atoms with van der Waals surface area (Å²) in [5.41, 5.74) is 0.557. The normalized spacial score (nSPS) is 11.8. The van der Waals surface area contributed by atoms with E-state index >= 15 is 0 Å². The Balaban J connectivity index is 2.35. The minimum Gasteiger partial charge on any atom is -0.390 e. The Bertz CT molecular complexity index is 678. The number of hydrogen-bond acceptors (Lipinski definition) is 4. The summed E-state index contributed by atoms with van der Waals surface area (Å²) >= 11 is 0. The Labute approximate surface area is 118 Å². The zero-order valence-corrected chi connectivity index (χ0v) is 12.1. The third-order valence-electron chi connectivity index (χ3n) is 2.84. The van der Waals surface area contributed by atoms with E-state index in [1.165, 1.54) is 18.5 Å². The Morgan fingerprint density at radius 2 is 2.15 bits per heavy atom. The molecule has 2 N–H and O–H groups in total. The zero-order valence-electron chi connectivity index (χ0n) is 11.3. The van der Waals surface area contributed by atoms with Crippen molar-refractivity contribution in [3.05, 3.63) is 42.4 Å². The molecule has 2 aromatic heterocycles. The van der Waals surface area contributed by atoms with Crippen molar-refractivity contribution in [2.24, 2.45) is 0 Å². The van der Waals surface area contributed by atoms with E-state index in [-0.39, 0.29) is 23.4 Å². The molecule has 108 valence electrons. The lowest BCUT2D eigenvalue weighted by Gasteiger charge is -2.10. The van der Waals surface area contributed by atoms with Gasteiger partial charge in [0.25, 0.3) is 10.0 Å². The van der Waals surface area contributed by atoms with Crippen LogP contribution >= 0.6 is 0 Å². The van der Waals surface area contributed by atoms with Crippen molar-refractivity contribution < 1.29 is 13.5 Å². The predicted octanol–water partition coefficient (Wildman–Crippen LogP) is 1.76. The molecule has 0 bridgehead atoms. The Morgan fingerprint density at radius 1 is 1.40 bits per heavy atom. The molecule has 0 atom stereocenters. The molecule has 2 heterocycles. The molecular weight excluding hydrogens is 278 g/mol. The first kappa shape index (κ1) is 14.5. The quantitative estimate of drug-likeness (QED) is 0.880. The van der Waals surface area contributed by atoms with E-state index in [0.717, 1.165) is 0 Å². The largest absolute Gasteiger partial charge is 0.390 e. The van der Waals surface area contributed by atoms with Crippen LogP contribution in [0.15, 0.2) is 41.6 Å². The number of nitrogens with zero attached hydrogens (tertiary/aromatic N) is 2. The molecule has 20 heavy (non-hydrogen) atoms. The number of pyridine rings is 1. The maximum Gasteiger partial charge on any atom is 0.264 e. The summed E-state index contributed by atoms with van der Waals surface area (Å²) in [4.78, 5) is 4.04. The smallest absolute Gasteiger partial charge is 0.264 e. The van der Waals surface area contributed by atoms with Gasteiger partial charge in [0.15, 0.2) is 0 Å². The molecule has 0 aliphatic rings. The van der Waals surface area contributed by atoms with E-state index in [1.54, 1.807) is 22.8 Å². The van der Waals surface area contributed by atoms with Crippen LogP contribution in [0.2, 0.25) is 0 Å². The molecule has 0 saturated carbocycles. The Kier molecular flexibility index (Phi) is 4.10. The van der Waals surface area contributed by atoms with Crippen LogP contribution in [0, 0.1) is 0 Å². The molecule has 2 aromatic rings. The first-order valence-corrected chi connectivity index (χ1v) is 7.68. The van der Waals surface area contributed by atoms with Gasteiger partial charge in [0, 0.05) is 24.1 Å². The van der Waals surface area contributed by atoms with Crippen LogP contribution in [0.1, 0.15) is 25.6 Å². The molecule has 7 heteroatoms. The first-order valence-electron chi connectivity index (χ1n) is 6.19. The van der Waals surface area contributed by atoms with Crippen LogP contribution < -0.4 is 4.72 Å². The highest BCUT2D eigenvalue weighted by atomic mass is 32.2. The summed E-state index contributed by atoms with van der Waals surface area (Å²) in [6.45, 7) is 3.63. The summed E-state index contributed by atoms with van der Waals surface area (Å²) < 4.78 is 28.7. The van der Waals surface area contributed by atoms with Gasteiger partial charge in [-0.1, -0.05) is 6.07 Å². The predicted molar refractivity (Wildman–Crippen MR) is 75.8 cm³/mol. The highest BCUT2D eigenvalue weighted by Crippen LogP contribution is 2.20. The molecule has 0 amide bonds. The van der Waals surface area contributed by atoms with E-state index in [2.05, 4.69) is 9.71 Å². The monoisotopic (exact) mass is 295 g/mol. The number of rotatable bonds is 5. The van der Waals surface area contributed by atoms with E-state index in [9.17, 15) is 13.5 Å². The van der Waals surface area contributed by atoms with Gasteiger partial charge >= 0.3 is 0 Å². The highest BCUT2D eigenvalue weighted by molar-refractivity contribution is 7.92. The van der Waals surface area contributed by atoms with Gasteiger partial charge < -0.3 is 9.67 Å². The SMILES string of the molecule is CC(C)n1cc(S(=O)(=O)Nc2ccccn2)cc1CO. The molecule has 0 aliphatic heterocycles. The van der Waals surface area contributed by atoms with Gasteiger partial charge in [-0.2, -0.15) is 0 Å². The van der Waals surface area contributed by atoms with Crippen molar-refractivity contribution in [1.82, 2.24) is 9.55 Å². The van der Waals surface area contributed by atoms with Crippen molar-refractivity contribution in [3.8, 4) is 0 Å². The average Bonchev–Trinajstić information content (AvgIpc) is 2.84. The third kappa shape index (κ3) is 3.00. The summed E-state index contributed by atoms with van der Waals surface area (Å²) in [5, 5.41) is 9.29. The van der Waals surface area contributed by atoms with E-state index < -0.39 is 10.0 Å². The molecule has 2 rings (SSSR count). The minimum atomic E-state index is -3.70. The maximum atomic E-state index is 12.3. The number of sulfonamides is 1. The molecule has 0 radical (unpaired) electrons. The van der Waals surface area contributed by atoms with E-state index in [4.69, 9.17) is 0 Å². The molecule has 0 aliphatic carbocycles. The van der Waals surface area contributed by atoms with Crippen molar-refractivity contribution in [3.63, 3.8) is 0 Å². The van der Waals surface area contributed by atoms with Crippen LogP contribution in [0.4, 0.5) is 5.82 Å². The van der Waals surface area contributed by atoms with Gasteiger partial charge in [0.1, 0.15) is 10.7 Å². The van der Waals surface area contributed by atoms with Gasteiger partial charge in [-0.15, -0.1) is 0 Å². The molecular formula is C13H17N3O3S. The number of anilines is 1. The number of hydrogen-bond donors (Lipinski definition) is 2. The van der Waals surface area contributed by atoms with Crippen LogP contribution in [-0.2, 0) is 16.6 Å². The molecule has 6 nitrogen and oxygen atoms in total. The van der Waals surface area contributed by atoms with Crippen molar-refractivity contribution in [2.75, 3.05) is 4.72 Å². The second-order valence-corrected chi connectivity index (χ2v) is 6.33. The fourth-order valence-electron chi connectivity index (χ4n) is 1.87. The third-order valence-corrected chi connectivity index (χ3v) is 4.16. The lowest BCUT2D eigenvalue weighted by Crippen LogP contribution is -2.13. The lowest BCUT2D eigenvalue weighted by molar-refractivity contribution is 0.268. The standard InChI is InChI=1S/C13H17N3O3S/c1-10(2)16-8-12(7-11(16)9-17)20(18,19)15-13-5-3-4-6-14-13/h3-8,10,17H,9H2,1-2H3,(H,14,15). The highest BCUT2D eigenvalue weighted by Gasteiger charge is 2.19. The lowest BCUT2D eigenvalue weighted by atomic mass is 10.3. The summed E-state index contributed by atoms with van der Waals surface area (Å²) in [6.07, 6.45) is 3.03. The summed E-state index contributed by atoms with van der Waals surface area (Å²) in [7, 11) is -3.70. The number of aliphatic hydroxyl groups is 1. The Morgan fingerprint density at radius 3 is 2.65 bits per heavy atom. The topological polar surface area (TPSA) is 84.2 Å². The van der Waals surface area contributed by atoms with Crippen LogP contribution in [0.5, 0.6) is 0 Å². The molecule has 0 saturated heterocycles. The van der Waals surface area contributed by atoms with Gasteiger partial charge in [-0.05, 0) is 32.0 Å². The molecule has 0 unspecified atom stereocenters. The Hall–Kier alpha value is -1.86. The maximum absolute atomic E-state index is 12.3. The summed E-state index contributed by atoms with van der Waals surface area (Å²) in [5.74, 6) is 0.260.